The molecule has 0 atom stereocenters. The van der Waals surface area contributed by atoms with E-state index < -0.39 is 0 Å². The number of amidine groups is 1. The van der Waals surface area contributed by atoms with Gasteiger partial charge in [-0.3, -0.25) is 15.1 Å². The van der Waals surface area contributed by atoms with Gasteiger partial charge >= 0.3 is 0 Å². The summed E-state index contributed by atoms with van der Waals surface area (Å²) in [5.41, 5.74) is 2.93. The SMILES string of the molecule is CCNc1ccc(C(C)C)c(N2C(=N)SCC2=O)c1.Cl. The van der Waals surface area contributed by atoms with Gasteiger partial charge < -0.3 is 5.32 Å². The minimum absolute atomic E-state index is 0. The van der Waals surface area contributed by atoms with Gasteiger partial charge in [0.1, 0.15) is 0 Å². The van der Waals surface area contributed by atoms with Crippen LogP contribution in [-0.4, -0.2) is 23.4 Å². The lowest BCUT2D eigenvalue weighted by Crippen LogP contribution is -2.29. The van der Waals surface area contributed by atoms with Crippen LogP contribution in [0.4, 0.5) is 11.4 Å². The summed E-state index contributed by atoms with van der Waals surface area (Å²) in [6, 6.07) is 6.04. The lowest BCUT2D eigenvalue weighted by molar-refractivity contribution is -0.115. The smallest absolute Gasteiger partial charge is 0.243 e. The van der Waals surface area contributed by atoms with Crippen molar-refractivity contribution in [2.24, 2.45) is 0 Å². The lowest BCUT2D eigenvalue weighted by Gasteiger charge is -2.22. The first-order valence-electron chi connectivity index (χ1n) is 6.46. The van der Waals surface area contributed by atoms with Crippen molar-refractivity contribution < 1.29 is 4.79 Å². The number of hydrogen-bond donors (Lipinski definition) is 2. The monoisotopic (exact) mass is 313 g/mol. The van der Waals surface area contributed by atoms with E-state index >= 15 is 0 Å². The molecule has 1 fully saturated rings. The first-order valence-corrected chi connectivity index (χ1v) is 7.45. The molecule has 1 aromatic rings. The zero-order chi connectivity index (χ0) is 14.0. The Hall–Kier alpha value is -1.20. The Bertz CT molecular complexity index is 503. The van der Waals surface area contributed by atoms with Gasteiger partial charge in [0.05, 0.1) is 11.4 Å². The molecule has 1 aliphatic heterocycles. The van der Waals surface area contributed by atoms with Crippen LogP contribution in [0.5, 0.6) is 0 Å². The summed E-state index contributed by atoms with van der Waals surface area (Å²) < 4.78 is 0. The number of carbonyl (C=O) groups excluding carboxylic acids is 1. The van der Waals surface area contributed by atoms with Crippen molar-refractivity contribution in [1.82, 2.24) is 0 Å². The molecule has 1 aliphatic rings. The molecule has 2 rings (SSSR count). The highest BCUT2D eigenvalue weighted by molar-refractivity contribution is 8.15. The number of carbonyl (C=O) groups is 1. The van der Waals surface area contributed by atoms with Crippen molar-refractivity contribution in [3.63, 3.8) is 0 Å². The first kappa shape index (κ1) is 16.9. The van der Waals surface area contributed by atoms with Gasteiger partial charge in [-0.25, -0.2) is 0 Å². The first-order chi connectivity index (χ1) is 9.04. The Morgan fingerprint density at radius 3 is 2.65 bits per heavy atom. The number of nitrogens with zero attached hydrogens (tertiary/aromatic N) is 1. The quantitative estimate of drug-likeness (QED) is 0.891. The van der Waals surface area contributed by atoms with Gasteiger partial charge in [-0.05, 0) is 30.5 Å². The number of anilines is 2. The Labute approximate surface area is 130 Å². The Kier molecular flexibility index (Phi) is 5.89. The van der Waals surface area contributed by atoms with Crippen LogP contribution in [0.25, 0.3) is 0 Å². The van der Waals surface area contributed by atoms with E-state index in [1.807, 2.05) is 25.1 Å². The molecule has 0 bridgehead atoms. The van der Waals surface area contributed by atoms with Crippen LogP contribution in [-0.2, 0) is 4.79 Å². The van der Waals surface area contributed by atoms with Crippen molar-refractivity contribution in [3.05, 3.63) is 23.8 Å². The maximum Gasteiger partial charge on any atom is 0.243 e. The van der Waals surface area contributed by atoms with E-state index in [1.54, 1.807) is 0 Å². The van der Waals surface area contributed by atoms with E-state index in [9.17, 15) is 4.79 Å². The lowest BCUT2D eigenvalue weighted by atomic mass is 10.00. The Morgan fingerprint density at radius 1 is 1.45 bits per heavy atom. The number of halogens is 1. The molecule has 6 heteroatoms. The second-order valence-corrected chi connectivity index (χ2v) is 5.75. The molecule has 2 N–H and O–H groups in total. The zero-order valence-electron chi connectivity index (χ0n) is 11.9. The highest BCUT2D eigenvalue weighted by Crippen LogP contribution is 2.34. The van der Waals surface area contributed by atoms with Crippen LogP contribution in [0.3, 0.4) is 0 Å². The predicted octanol–water partition coefficient (Wildman–Crippen LogP) is 3.68. The van der Waals surface area contributed by atoms with E-state index in [4.69, 9.17) is 5.41 Å². The average Bonchev–Trinajstić information content (AvgIpc) is 2.69. The van der Waals surface area contributed by atoms with E-state index in [-0.39, 0.29) is 18.3 Å². The molecule has 1 heterocycles. The van der Waals surface area contributed by atoms with Crippen LogP contribution in [0.2, 0.25) is 0 Å². The maximum atomic E-state index is 12.0. The zero-order valence-corrected chi connectivity index (χ0v) is 13.5. The van der Waals surface area contributed by atoms with Crippen molar-refractivity contribution in [2.45, 2.75) is 26.7 Å². The van der Waals surface area contributed by atoms with Crippen LogP contribution in [0.15, 0.2) is 18.2 Å². The van der Waals surface area contributed by atoms with E-state index in [0.717, 1.165) is 23.5 Å². The topological polar surface area (TPSA) is 56.2 Å². The highest BCUT2D eigenvalue weighted by Gasteiger charge is 2.30. The van der Waals surface area contributed by atoms with Crippen molar-refractivity contribution in [2.75, 3.05) is 22.5 Å². The van der Waals surface area contributed by atoms with E-state index in [2.05, 4.69) is 19.2 Å². The van der Waals surface area contributed by atoms with Gasteiger partial charge in [-0.2, -0.15) is 0 Å². The molecule has 110 valence electrons. The molecule has 0 aromatic heterocycles. The van der Waals surface area contributed by atoms with Gasteiger partial charge in [0.15, 0.2) is 5.17 Å². The largest absolute Gasteiger partial charge is 0.385 e. The fourth-order valence-corrected chi connectivity index (χ4v) is 2.87. The minimum Gasteiger partial charge on any atom is -0.385 e. The van der Waals surface area contributed by atoms with Crippen LogP contribution in [0.1, 0.15) is 32.3 Å². The maximum absolute atomic E-state index is 12.0. The number of benzene rings is 1. The number of rotatable bonds is 4. The third-order valence-corrected chi connectivity index (χ3v) is 3.91. The van der Waals surface area contributed by atoms with Gasteiger partial charge in [-0.15, -0.1) is 12.4 Å². The third-order valence-electron chi connectivity index (χ3n) is 3.06. The number of hydrogen-bond acceptors (Lipinski definition) is 4. The fourth-order valence-electron chi connectivity index (χ4n) is 2.16. The molecule has 20 heavy (non-hydrogen) atoms. The van der Waals surface area contributed by atoms with Crippen molar-refractivity contribution in [1.29, 1.82) is 5.41 Å². The Balaban J connectivity index is 0.00000200. The predicted molar refractivity (Wildman–Crippen MR) is 89.6 cm³/mol. The normalized spacial score (nSPS) is 14.7. The summed E-state index contributed by atoms with van der Waals surface area (Å²) in [6.07, 6.45) is 0. The van der Waals surface area contributed by atoms with Crippen LogP contribution in [0, 0.1) is 5.41 Å². The molecule has 4 nitrogen and oxygen atoms in total. The molecule has 0 saturated carbocycles. The summed E-state index contributed by atoms with van der Waals surface area (Å²) in [7, 11) is 0. The molecule has 0 unspecified atom stereocenters. The number of amides is 1. The summed E-state index contributed by atoms with van der Waals surface area (Å²) in [5.74, 6) is 0.671. The molecular weight excluding hydrogens is 294 g/mol. The average molecular weight is 314 g/mol. The molecular formula is C14H20ClN3OS. The highest BCUT2D eigenvalue weighted by atomic mass is 35.5. The standard InChI is InChI=1S/C14H19N3OS.ClH/c1-4-16-10-5-6-11(9(2)3)12(7-10)17-13(18)8-19-14(17)15;/h5-7,9,15-16H,4,8H2,1-3H3;1H. The molecule has 0 radical (unpaired) electrons. The van der Waals surface area contributed by atoms with E-state index in [0.29, 0.717) is 16.8 Å². The molecule has 1 amide bonds. The Morgan fingerprint density at radius 2 is 2.15 bits per heavy atom. The summed E-state index contributed by atoms with van der Waals surface area (Å²) in [6.45, 7) is 7.07. The minimum atomic E-state index is -0.00875. The van der Waals surface area contributed by atoms with Crippen LogP contribution >= 0.6 is 24.2 Å². The molecule has 1 aromatic carbocycles. The summed E-state index contributed by atoms with van der Waals surface area (Å²) in [5, 5.41) is 11.5. The number of nitrogens with one attached hydrogen (secondary N) is 2. The molecule has 1 saturated heterocycles. The van der Waals surface area contributed by atoms with Crippen molar-refractivity contribution >= 4 is 46.6 Å². The second kappa shape index (κ2) is 6.99. The molecule has 0 spiro atoms. The van der Waals surface area contributed by atoms with Gasteiger partial charge in [0, 0.05) is 12.2 Å². The second-order valence-electron chi connectivity index (χ2n) is 4.78. The molecule has 0 aliphatic carbocycles. The van der Waals surface area contributed by atoms with Gasteiger partial charge in [-0.1, -0.05) is 31.7 Å². The van der Waals surface area contributed by atoms with Crippen LogP contribution < -0.4 is 10.2 Å². The van der Waals surface area contributed by atoms with Crippen molar-refractivity contribution in [3.8, 4) is 0 Å². The fraction of sp³-hybridized carbons (Fsp3) is 0.429. The van der Waals surface area contributed by atoms with Gasteiger partial charge in [0.25, 0.3) is 0 Å². The van der Waals surface area contributed by atoms with Gasteiger partial charge in [0.2, 0.25) is 5.91 Å². The third kappa shape index (κ3) is 3.27. The number of thioether (sulfide) groups is 1. The summed E-state index contributed by atoms with van der Waals surface area (Å²) in [4.78, 5) is 13.5. The van der Waals surface area contributed by atoms with E-state index in [1.165, 1.54) is 16.7 Å². The summed E-state index contributed by atoms with van der Waals surface area (Å²) >= 11 is 1.29.